The minimum Gasteiger partial charge on any atom is -0.370 e. The van der Waals surface area contributed by atoms with E-state index in [4.69, 9.17) is 4.99 Å². The van der Waals surface area contributed by atoms with Gasteiger partial charge < -0.3 is 15.1 Å². The fraction of sp³-hybridized carbons (Fsp3) is 0.467. The van der Waals surface area contributed by atoms with E-state index in [9.17, 15) is 4.39 Å². The van der Waals surface area contributed by atoms with Crippen LogP contribution in [0.1, 0.15) is 52.0 Å². The molecular formula is C30H40FN5. The smallest absolute Gasteiger partial charge is 0.128 e. The van der Waals surface area contributed by atoms with Gasteiger partial charge in [0.05, 0.1) is 0 Å². The lowest BCUT2D eigenvalue weighted by atomic mass is 9.74. The van der Waals surface area contributed by atoms with Crippen LogP contribution in [0.25, 0.3) is 0 Å². The van der Waals surface area contributed by atoms with Crippen molar-refractivity contribution in [1.29, 1.82) is 0 Å². The molecule has 192 valence electrons. The molecule has 0 bridgehead atoms. The molecule has 1 unspecified atom stereocenters. The molecule has 0 amide bonds. The lowest BCUT2D eigenvalue weighted by molar-refractivity contribution is 0.149. The maximum atomic E-state index is 14.1. The van der Waals surface area contributed by atoms with Crippen molar-refractivity contribution in [3.05, 3.63) is 83.6 Å². The van der Waals surface area contributed by atoms with Crippen LogP contribution in [0.4, 0.5) is 10.2 Å². The zero-order valence-electron chi connectivity index (χ0n) is 22.2. The summed E-state index contributed by atoms with van der Waals surface area (Å²) in [6.07, 6.45) is 18.7. The lowest BCUT2D eigenvalue weighted by Crippen LogP contribution is -2.40. The fourth-order valence-electron chi connectivity index (χ4n) is 5.01. The zero-order valence-corrected chi connectivity index (χ0v) is 22.2. The Labute approximate surface area is 215 Å². The molecular weight excluding hydrogens is 449 g/mol. The Morgan fingerprint density at radius 1 is 1.28 bits per heavy atom. The molecule has 1 saturated heterocycles. The van der Waals surface area contributed by atoms with Crippen LogP contribution in [0.2, 0.25) is 0 Å². The predicted molar refractivity (Wildman–Crippen MR) is 149 cm³/mol. The number of aryl methyl sites for hydroxylation is 1. The molecule has 3 aliphatic rings. The van der Waals surface area contributed by atoms with Gasteiger partial charge >= 0.3 is 0 Å². The summed E-state index contributed by atoms with van der Waals surface area (Å²) in [6.45, 7) is 12.2. The summed E-state index contributed by atoms with van der Waals surface area (Å²) >= 11 is 0. The summed E-state index contributed by atoms with van der Waals surface area (Å²) in [7, 11) is 2.03. The van der Waals surface area contributed by atoms with Crippen molar-refractivity contribution in [3.8, 4) is 0 Å². The van der Waals surface area contributed by atoms with Crippen molar-refractivity contribution < 1.29 is 4.39 Å². The molecule has 3 heterocycles. The van der Waals surface area contributed by atoms with Crippen LogP contribution in [-0.4, -0.2) is 48.4 Å². The fourth-order valence-corrected chi connectivity index (χ4v) is 5.01. The van der Waals surface area contributed by atoms with Crippen LogP contribution in [0.3, 0.4) is 0 Å². The van der Waals surface area contributed by atoms with Gasteiger partial charge in [0.1, 0.15) is 17.3 Å². The Morgan fingerprint density at radius 3 is 2.78 bits per heavy atom. The van der Waals surface area contributed by atoms with Crippen LogP contribution in [0.5, 0.6) is 0 Å². The average molecular weight is 490 g/mol. The van der Waals surface area contributed by atoms with E-state index in [2.05, 4.69) is 83.2 Å². The number of hydrogen-bond acceptors (Lipinski definition) is 5. The van der Waals surface area contributed by atoms with E-state index in [-0.39, 0.29) is 5.41 Å². The van der Waals surface area contributed by atoms with Crippen LogP contribution in [0, 0.1) is 5.41 Å². The molecule has 0 aromatic carbocycles. The number of rotatable bonds is 9. The Balaban J connectivity index is 1.33. The SMILES string of the molecule is C=CN(C)/C(=C\C)C1=CCC2(C)C=NC(NCCCc3ccnc(N4CCC(C)(F)CC4)c3)=CC2=C1. The number of fused-ring (bicyclic) bond motifs is 1. The molecule has 1 aromatic rings. The van der Waals surface area contributed by atoms with Gasteiger partial charge in [0.15, 0.2) is 0 Å². The van der Waals surface area contributed by atoms with Gasteiger partial charge in [-0.05, 0) is 93.1 Å². The van der Waals surface area contributed by atoms with E-state index < -0.39 is 5.67 Å². The van der Waals surface area contributed by atoms with E-state index in [0.29, 0.717) is 12.8 Å². The Bertz CT molecular complexity index is 1120. The summed E-state index contributed by atoms with van der Waals surface area (Å²) in [5, 5.41) is 3.52. The predicted octanol–water partition coefficient (Wildman–Crippen LogP) is 6.10. The number of likely N-dealkylation sites (N-methyl/N-ethyl adjacent to an activating group) is 1. The van der Waals surface area contributed by atoms with Gasteiger partial charge in [-0.15, -0.1) is 0 Å². The van der Waals surface area contributed by atoms with E-state index in [0.717, 1.165) is 56.2 Å². The number of allylic oxidation sites excluding steroid dienone is 5. The van der Waals surface area contributed by atoms with Crippen molar-refractivity contribution in [2.45, 2.75) is 58.5 Å². The Kier molecular flexibility index (Phi) is 7.82. The molecule has 2 aliphatic heterocycles. The molecule has 36 heavy (non-hydrogen) atoms. The van der Waals surface area contributed by atoms with Crippen LogP contribution >= 0.6 is 0 Å². The highest BCUT2D eigenvalue weighted by atomic mass is 19.1. The van der Waals surface area contributed by atoms with Crippen molar-refractivity contribution in [1.82, 2.24) is 15.2 Å². The average Bonchev–Trinajstić information content (AvgIpc) is 2.87. The minimum absolute atomic E-state index is 0.0677. The van der Waals surface area contributed by atoms with Gasteiger partial charge in [-0.3, -0.25) is 0 Å². The Hall–Kier alpha value is -3.15. The molecule has 1 aliphatic carbocycles. The zero-order chi connectivity index (χ0) is 25.8. The van der Waals surface area contributed by atoms with E-state index >= 15 is 0 Å². The minimum atomic E-state index is -1.05. The number of nitrogens with zero attached hydrogens (tertiary/aromatic N) is 4. The monoisotopic (exact) mass is 489 g/mol. The highest BCUT2D eigenvalue weighted by molar-refractivity contribution is 5.77. The van der Waals surface area contributed by atoms with E-state index in [1.807, 2.05) is 19.4 Å². The summed E-state index contributed by atoms with van der Waals surface area (Å²) in [6, 6.07) is 4.24. The molecule has 1 fully saturated rings. The number of hydrogen-bond donors (Lipinski definition) is 1. The maximum absolute atomic E-state index is 14.1. The van der Waals surface area contributed by atoms with E-state index in [1.54, 1.807) is 6.92 Å². The first-order valence-electron chi connectivity index (χ1n) is 13.1. The second-order valence-electron chi connectivity index (χ2n) is 10.6. The molecule has 1 aromatic heterocycles. The largest absolute Gasteiger partial charge is 0.370 e. The highest BCUT2D eigenvalue weighted by Crippen LogP contribution is 2.40. The van der Waals surface area contributed by atoms with Crippen molar-refractivity contribution >= 4 is 12.0 Å². The summed E-state index contributed by atoms with van der Waals surface area (Å²) in [5.41, 5.74) is 3.80. The molecule has 1 N–H and O–H groups in total. The van der Waals surface area contributed by atoms with E-state index in [1.165, 1.54) is 16.7 Å². The lowest BCUT2D eigenvalue weighted by Gasteiger charge is -2.35. The number of aromatic nitrogens is 1. The molecule has 4 rings (SSSR count). The molecule has 0 saturated carbocycles. The van der Waals surface area contributed by atoms with Crippen molar-refractivity contribution in [2.24, 2.45) is 10.4 Å². The third-order valence-electron chi connectivity index (χ3n) is 7.61. The quantitative estimate of drug-likeness (QED) is 0.426. The third-order valence-corrected chi connectivity index (χ3v) is 7.61. The Morgan fingerprint density at radius 2 is 2.06 bits per heavy atom. The van der Waals surface area contributed by atoms with Crippen LogP contribution < -0.4 is 10.2 Å². The first-order chi connectivity index (χ1) is 17.2. The maximum Gasteiger partial charge on any atom is 0.128 e. The second-order valence-corrected chi connectivity index (χ2v) is 10.6. The van der Waals surface area contributed by atoms with Gasteiger partial charge in [0.2, 0.25) is 0 Å². The number of anilines is 1. The molecule has 6 heteroatoms. The molecule has 1 atom stereocenters. The number of piperidine rings is 1. The van der Waals surface area contributed by atoms with Gasteiger partial charge in [0, 0.05) is 50.2 Å². The standard InChI is InChI=1S/C30H40FN5/c1-6-26(35(5)7-2)24-10-12-29(3)22-34-27(21-25(29)20-24)32-15-8-9-23-11-16-33-28(19-23)36-17-13-30(4,31)14-18-36/h6-7,10-11,16,19-22,32H,2,8-9,12-15,17-18H2,1,3-5H3/b26-6-. The van der Waals surface area contributed by atoms with Gasteiger partial charge in [-0.25, -0.2) is 14.4 Å². The number of halogens is 1. The number of nitrogens with one attached hydrogen (secondary N) is 1. The topological polar surface area (TPSA) is 43.8 Å². The van der Waals surface area contributed by atoms with Crippen LogP contribution in [0.15, 0.2) is 83.1 Å². The van der Waals surface area contributed by atoms with Gasteiger partial charge in [-0.2, -0.15) is 0 Å². The first-order valence-corrected chi connectivity index (χ1v) is 13.1. The van der Waals surface area contributed by atoms with Crippen molar-refractivity contribution in [3.63, 3.8) is 0 Å². The molecule has 5 nitrogen and oxygen atoms in total. The first kappa shape index (κ1) is 25.9. The summed E-state index contributed by atoms with van der Waals surface area (Å²) in [4.78, 5) is 13.5. The highest BCUT2D eigenvalue weighted by Gasteiger charge is 2.32. The molecule has 0 spiro atoms. The third kappa shape index (κ3) is 5.97. The van der Waals surface area contributed by atoms with Gasteiger partial charge in [-0.1, -0.05) is 25.7 Å². The van der Waals surface area contributed by atoms with Crippen LogP contribution in [-0.2, 0) is 6.42 Å². The van der Waals surface area contributed by atoms with Crippen molar-refractivity contribution in [2.75, 3.05) is 31.6 Å². The second kappa shape index (κ2) is 10.9. The number of alkyl halides is 1. The number of pyridine rings is 1. The van der Waals surface area contributed by atoms with Gasteiger partial charge in [0.25, 0.3) is 0 Å². The number of aliphatic imine (C=N–C) groups is 1. The summed E-state index contributed by atoms with van der Waals surface area (Å²) < 4.78 is 14.1. The normalized spacial score (nSPS) is 23.3. The summed E-state index contributed by atoms with van der Waals surface area (Å²) in [5.74, 6) is 1.88. The molecule has 0 radical (unpaired) electrons.